The highest BCUT2D eigenvalue weighted by Crippen LogP contribution is 2.12. The van der Waals surface area contributed by atoms with E-state index in [0.717, 1.165) is 11.1 Å². The van der Waals surface area contributed by atoms with Crippen molar-refractivity contribution in [2.45, 2.75) is 32.9 Å². The first-order chi connectivity index (χ1) is 11.5. The van der Waals surface area contributed by atoms with Gasteiger partial charge in [-0.15, -0.1) is 0 Å². The second-order valence-corrected chi connectivity index (χ2v) is 7.06. The summed E-state index contributed by atoms with van der Waals surface area (Å²) in [5, 5.41) is 6.92. The van der Waals surface area contributed by atoms with Gasteiger partial charge in [0.15, 0.2) is 0 Å². The maximum atomic E-state index is 12.7. The van der Waals surface area contributed by atoms with Crippen molar-refractivity contribution >= 4 is 23.2 Å². The molecule has 2 rings (SSSR count). The monoisotopic (exact) mass is 344 g/mol. The summed E-state index contributed by atoms with van der Waals surface area (Å²) in [4.78, 5) is 26.7. The van der Waals surface area contributed by atoms with Crippen LogP contribution in [0.3, 0.4) is 0 Å². The number of nitrogens with zero attached hydrogens (tertiary/aromatic N) is 1. The maximum absolute atomic E-state index is 12.7. The van der Waals surface area contributed by atoms with Crippen molar-refractivity contribution in [1.82, 2.24) is 10.2 Å². The number of benzene rings is 1. The van der Waals surface area contributed by atoms with E-state index in [2.05, 4.69) is 5.32 Å². The Morgan fingerprint density at radius 3 is 2.42 bits per heavy atom. The summed E-state index contributed by atoms with van der Waals surface area (Å²) in [6.07, 6.45) is 0.283. The predicted molar refractivity (Wildman–Crippen MR) is 97.7 cm³/mol. The van der Waals surface area contributed by atoms with Crippen LogP contribution in [0.2, 0.25) is 0 Å². The van der Waals surface area contributed by atoms with Crippen LogP contribution in [-0.4, -0.2) is 29.8 Å². The van der Waals surface area contributed by atoms with E-state index in [1.807, 2.05) is 61.0 Å². The Morgan fingerprint density at radius 1 is 1.12 bits per heavy atom. The molecule has 4 nitrogen and oxygen atoms in total. The highest BCUT2D eigenvalue weighted by atomic mass is 32.1. The first kappa shape index (κ1) is 18.2. The quantitative estimate of drug-likeness (QED) is 0.839. The van der Waals surface area contributed by atoms with Crippen LogP contribution in [0.4, 0.5) is 0 Å². The van der Waals surface area contributed by atoms with Crippen molar-refractivity contribution in [2.75, 3.05) is 7.05 Å². The van der Waals surface area contributed by atoms with Crippen molar-refractivity contribution in [3.8, 4) is 0 Å². The molecule has 24 heavy (non-hydrogen) atoms. The van der Waals surface area contributed by atoms with Crippen molar-refractivity contribution in [3.63, 3.8) is 0 Å². The Hall–Kier alpha value is -2.14. The first-order valence-electron chi connectivity index (χ1n) is 8.06. The van der Waals surface area contributed by atoms with Gasteiger partial charge in [-0.1, -0.05) is 44.2 Å². The molecular formula is C19H24N2O2S. The molecule has 0 aliphatic carbocycles. The van der Waals surface area contributed by atoms with Crippen LogP contribution in [0.15, 0.2) is 47.2 Å². The Morgan fingerprint density at radius 2 is 1.83 bits per heavy atom. The molecule has 0 saturated heterocycles. The van der Waals surface area contributed by atoms with Crippen molar-refractivity contribution < 1.29 is 9.59 Å². The molecule has 0 spiro atoms. The van der Waals surface area contributed by atoms with Gasteiger partial charge in [-0.3, -0.25) is 9.59 Å². The average Bonchev–Trinajstić information content (AvgIpc) is 3.05. The Balaban J connectivity index is 1.97. The van der Waals surface area contributed by atoms with Gasteiger partial charge in [0.05, 0.1) is 6.42 Å². The highest BCUT2D eigenvalue weighted by molar-refractivity contribution is 7.07. The van der Waals surface area contributed by atoms with Gasteiger partial charge in [-0.2, -0.15) is 11.3 Å². The third-order valence-corrected chi connectivity index (χ3v) is 4.56. The molecule has 1 aromatic heterocycles. The minimum Gasteiger partial charge on any atom is -0.344 e. The van der Waals surface area contributed by atoms with Crippen LogP contribution in [0.5, 0.6) is 0 Å². The Bertz CT molecular complexity index is 653. The molecule has 0 aliphatic heterocycles. The average molecular weight is 344 g/mol. The standard InChI is InChI=1S/C19H24N2O2S/c1-14(2)18(19(23)21(3)12-16-9-10-24-13-16)20-17(22)11-15-7-5-4-6-8-15/h4-10,13-14,18H,11-12H2,1-3H3,(H,20,22)/t18-/m0/s1. The van der Waals surface area contributed by atoms with Gasteiger partial charge < -0.3 is 10.2 Å². The predicted octanol–water partition coefficient (Wildman–Crippen LogP) is 3.09. The third-order valence-electron chi connectivity index (χ3n) is 3.83. The van der Waals surface area contributed by atoms with E-state index in [1.165, 1.54) is 0 Å². The maximum Gasteiger partial charge on any atom is 0.245 e. The molecule has 0 bridgehead atoms. The number of hydrogen-bond donors (Lipinski definition) is 1. The topological polar surface area (TPSA) is 49.4 Å². The molecule has 1 atom stereocenters. The second-order valence-electron chi connectivity index (χ2n) is 6.28. The molecular weight excluding hydrogens is 320 g/mol. The lowest BCUT2D eigenvalue weighted by atomic mass is 10.0. The van der Waals surface area contributed by atoms with E-state index in [4.69, 9.17) is 0 Å². The molecule has 1 aromatic carbocycles. The minimum atomic E-state index is -0.509. The number of thiophene rings is 1. The van der Waals surface area contributed by atoms with Gasteiger partial charge >= 0.3 is 0 Å². The van der Waals surface area contributed by atoms with Gasteiger partial charge in [-0.05, 0) is 33.9 Å². The zero-order valence-corrected chi connectivity index (χ0v) is 15.2. The van der Waals surface area contributed by atoms with E-state index < -0.39 is 6.04 Å². The summed E-state index contributed by atoms with van der Waals surface area (Å²) in [7, 11) is 1.78. The lowest BCUT2D eigenvalue weighted by Gasteiger charge is -2.27. The fourth-order valence-corrected chi connectivity index (χ4v) is 3.15. The van der Waals surface area contributed by atoms with Crippen molar-refractivity contribution in [1.29, 1.82) is 0 Å². The number of hydrogen-bond acceptors (Lipinski definition) is 3. The fourth-order valence-electron chi connectivity index (χ4n) is 2.49. The van der Waals surface area contributed by atoms with Crippen molar-refractivity contribution in [2.24, 2.45) is 5.92 Å². The van der Waals surface area contributed by atoms with Crippen LogP contribution < -0.4 is 5.32 Å². The fraction of sp³-hybridized carbons (Fsp3) is 0.368. The SMILES string of the molecule is CC(C)[C@H](NC(=O)Cc1ccccc1)C(=O)N(C)Cc1ccsc1. The second kappa shape index (κ2) is 8.64. The number of carbonyl (C=O) groups excluding carboxylic acids is 2. The molecule has 0 aliphatic rings. The third kappa shape index (κ3) is 5.20. The van der Waals surface area contributed by atoms with E-state index in [9.17, 15) is 9.59 Å². The molecule has 5 heteroatoms. The molecule has 1 heterocycles. The molecule has 2 amide bonds. The molecule has 0 radical (unpaired) electrons. The van der Waals surface area contributed by atoms with E-state index in [1.54, 1.807) is 23.3 Å². The number of nitrogens with one attached hydrogen (secondary N) is 1. The zero-order chi connectivity index (χ0) is 17.5. The normalized spacial score (nSPS) is 12.0. The van der Waals surface area contributed by atoms with Gasteiger partial charge in [0.25, 0.3) is 0 Å². The van der Waals surface area contributed by atoms with E-state index in [-0.39, 0.29) is 24.2 Å². The Kier molecular flexibility index (Phi) is 6.55. The molecule has 2 aromatic rings. The van der Waals surface area contributed by atoms with E-state index in [0.29, 0.717) is 6.54 Å². The summed E-state index contributed by atoms with van der Waals surface area (Å²) in [6.45, 7) is 4.45. The van der Waals surface area contributed by atoms with Crippen LogP contribution in [0, 0.1) is 5.92 Å². The summed E-state index contributed by atoms with van der Waals surface area (Å²) in [6, 6.07) is 11.0. The van der Waals surface area contributed by atoms with Crippen LogP contribution in [-0.2, 0) is 22.6 Å². The molecule has 0 fully saturated rings. The summed E-state index contributed by atoms with van der Waals surface area (Å²) in [5.74, 6) is -0.156. The largest absolute Gasteiger partial charge is 0.344 e. The minimum absolute atomic E-state index is 0.0298. The summed E-state index contributed by atoms with van der Waals surface area (Å²) in [5.41, 5.74) is 2.05. The van der Waals surface area contributed by atoms with Crippen LogP contribution in [0.25, 0.3) is 0 Å². The van der Waals surface area contributed by atoms with Gasteiger partial charge in [0, 0.05) is 13.6 Å². The number of amides is 2. The smallest absolute Gasteiger partial charge is 0.245 e. The zero-order valence-electron chi connectivity index (χ0n) is 14.4. The molecule has 1 N–H and O–H groups in total. The van der Waals surface area contributed by atoms with E-state index >= 15 is 0 Å². The highest BCUT2D eigenvalue weighted by Gasteiger charge is 2.27. The van der Waals surface area contributed by atoms with Crippen LogP contribution in [0.1, 0.15) is 25.0 Å². The molecule has 0 saturated carbocycles. The van der Waals surface area contributed by atoms with Gasteiger partial charge in [-0.25, -0.2) is 0 Å². The van der Waals surface area contributed by atoms with Gasteiger partial charge in [0.2, 0.25) is 11.8 Å². The molecule has 0 unspecified atom stereocenters. The van der Waals surface area contributed by atoms with Crippen molar-refractivity contribution in [3.05, 3.63) is 58.3 Å². The summed E-state index contributed by atoms with van der Waals surface area (Å²) < 4.78 is 0. The lowest BCUT2D eigenvalue weighted by molar-refractivity contribution is -0.136. The Labute approximate surface area is 147 Å². The number of likely N-dealkylation sites (N-methyl/N-ethyl adjacent to an activating group) is 1. The first-order valence-corrected chi connectivity index (χ1v) is 9.01. The number of carbonyl (C=O) groups is 2. The van der Waals surface area contributed by atoms with Crippen LogP contribution >= 0.6 is 11.3 Å². The number of rotatable bonds is 7. The molecule has 128 valence electrons. The summed E-state index contributed by atoms with van der Waals surface area (Å²) >= 11 is 1.61. The lowest BCUT2D eigenvalue weighted by Crippen LogP contribution is -2.50. The van der Waals surface area contributed by atoms with Gasteiger partial charge in [0.1, 0.15) is 6.04 Å².